The van der Waals surface area contributed by atoms with Gasteiger partial charge in [-0.1, -0.05) is 6.92 Å². The minimum Gasteiger partial charge on any atom is -0.497 e. The number of carbonyl (C=O) groups is 1. The van der Waals surface area contributed by atoms with E-state index >= 15 is 0 Å². The van der Waals surface area contributed by atoms with E-state index in [4.69, 9.17) is 4.74 Å². The normalized spacial score (nSPS) is 21.0. The Bertz CT molecular complexity index is 655. The lowest BCUT2D eigenvalue weighted by Crippen LogP contribution is -2.37. The Morgan fingerprint density at radius 3 is 2.57 bits per heavy atom. The number of nitrogens with one attached hydrogen (secondary N) is 2. The van der Waals surface area contributed by atoms with Crippen LogP contribution in [0, 0.1) is 5.92 Å². The molecule has 2 aromatic rings. The van der Waals surface area contributed by atoms with Gasteiger partial charge >= 0.3 is 0 Å². The van der Waals surface area contributed by atoms with Crippen LogP contribution in [0.1, 0.15) is 43.0 Å². The summed E-state index contributed by atoms with van der Waals surface area (Å²) in [6.45, 7) is 2.27. The highest BCUT2D eigenvalue weighted by molar-refractivity contribution is 5.99. The summed E-state index contributed by atoms with van der Waals surface area (Å²) in [7, 11) is 1.63. The van der Waals surface area contributed by atoms with Gasteiger partial charge in [-0.25, -0.2) is 0 Å². The fourth-order valence-corrected chi connectivity index (χ4v) is 3.10. The summed E-state index contributed by atoms with van der Waals surface area (Å²) < 4.78 is 5.17. The number of hydrogen-bond donors (Lipinski definition) is 2. The largest absolute Gasteiger partial charge is 0.497 e. The van der Waals surface area contributed by atoms with Gasteiger partial charge in [-0.3, -0.25) is 9.89 Å². The summed E-state index contributed by atoms with van der Waals surface area (Å²) in [5, 5.41) is 10.1. The molecule has 1 aliphatic rings. The molecule has 0 spiro atoms. The molecule has 0 saturated heterocycles. The molecule has 5 nitrogen and oxygen atoms in total. The average Bonchev–Trinajstić information content (AvgIpc) is 3.07. The van der Waals surface area contributed by atoms with Crippen molar-refractivity contribution in [1.29, 1.82) is 0 Å². The number of rotatable bonds is 4. The van der Waals surface area contributed by atoms with Crippen LogP contribution >= 0.6 is 0 Å². The van der Waals surface area contributed by atoms with E-state index in [1.165, 1.54) is 12.8 Å². The number of aromatic nitrogens is 2. The lowest BCUT2D eigenvalue weighted by molar-refractivity contribution is 0.0923. The molecule has 0 atom stereocenters. The van der Waals surface area contributed by atoms with Crippen LogP contribution in [-0.2, 0) is 0 Å². The zero-order valence-corrected chi connectivity index (χ0v) is 13.6. The van der Waals surface area contributed by atoms with Crippen LogP contribution in [-0.4, -0.2) is 29.3 Å². The Kier molecular flexibility index (Phi) is 4.65. The van der Waals surface area contributed by atoms with Crippen molar-refractivity contribution >= 4 is 5.91 Å². The van der Waals surface area contributed by atoms with Gasteiger partial charge in [0.25, 0.3) is 5.91 Å². The molecule has 2 N–H and O–H groups in total. The number of amides is 1. The molecule has 3 rings (SSSR count). The first kappa shape index (κ1) is 15.6. The van der Waals surface area contributed by atoms with Crippen molar-refractivity contribution in [2.75, 3.05) is 7.11 Å². The number of aromatic amines is 1. The number of methoxy groups -OCH3 is 1. The summed E-state index contributed by atoms with van der Waals surface area (Å²) in [5.74, 6) is 1.51. The number of H-pyrrole nitrogens is 1. The molecule has 0 radical (unpaired) electrons. The number of carbonyl (C=O) groups excluding carboxylic acids is 1. The Morgan fingerprint density at radius 1 is 1.22 bits per heavy atom. The maximum atomic E-state index is 12.6. The molecule has 1 fully saturated rings. The molecule has 23 heavy (non-hydrogen) atoms. The quantitative estimate of drug-likeness (QED) is 0.909. The summed E-state index contributed by atoms with van der Waals surface area (Å²) in [6.07, 6.45) is 6.08. The molecule has 1 saturated carbocycles. The minimum absolute atomic E-state index is 0.0517. The first-order valence-corrected chi connectivity index (χ1v) is 8.16. The lowest BCUT2D eigenvalue weighted by atomic mass is 9.87. The van der Waals surface area contributed by atoms with E-state index in [1.54, 1.807) is 13.3 Å². The van der Waals surface area contributed by atoms with Crippen molar-refractivity contribution < 1.29 is 9.53 Å². The van der Waals surface area contributed by atoms with Crippen LogP contribution in [0.4, 0.5) is 0 Å². The zero-order chi connectivity index (χ0) is 16.2. The number of nitrogens with zero attached hydrogens (tertiary/aromatic N) is 1. The second-order valence-corrected chi connectivity index (χ2v) is 6.32. The molecule has 1 aliphatic carbocycles. The average molecular weight is 313 g/mol. The molecule has 0 unspecified atom stereocenters. The van der Waals surface area contributed by atoms with Crippen LogP contribution in [0.15, 0.2) is 30.5 Å². The Hall–Kier alpha value is -2.30. The van der Waals surface area contributed by atoms with Crippen molar-refractivity contribution in [1.82, 2.24) is 15.5 Å². The van der Waals surface area contributed by atoms with Gasteiger partial charge in [0, 0.05) is 11.6 Å². The highest BCUT2D eigenvalue weighted by atomic mass is 16.5. The second kappa shape index (κ2) is 6.86. The second-order valence-electron chi connectivity index (χ2n) is 6.32. The van der Waals surface area contributed by atoms with Crippen LogP contribution in [0.5, 0.6) is 5.75 Å². The fraction of sp³-hybridized carbons (Fsp3) is 0.444. The molecule has 5 heteroatoms. The van der Waals surface area contributed by atoms with Crippen LogP contribution in [0.2, 0.25) is 0 Å². The van der Waals surface area contributed by atoms with Crippen molar-refractivity contribution in [3.05, 3.63) is 36.0 Å². The number of ether oxygens (including phenoxy) is 1. The smallest absolute Gasteiger partial charge is 0.255 e. The molecule has 1 amide bonds. The molecular weight excluding hydrogens is 290 g/mol. The Balaban J connectivity index is 1.73. The predicted octanol–water partition coefficient (Wildman–Crippen LogP) is 3.39. The third-order valence-corrected chi connectivity index (χ3v) is 4.61. The Morgan fingerprint density at radius 2 is 1.91 bits per heavy atom. The first-order valence-electron chi connectivity index (χ1n) is 8.16. The van der Waals surface area contributed by atoms with Gasteiger partial charge in [-0.05, 0) is 55.9 Å². The van der Waals surface area contributed by atoms with Crippen LogP contribution in [0.25, 0.3) is 11.3 Å². The summed E-state index contributed by atoms with van der Waals surface area (Å²) in [4.78, 5) is 12.6. The van der Waals surface area contributed by atoms with Gasteiger partial charge in [0.1, 0.15) is 5.75 Å². The van der Waals surface area contributed by atoms with Gasteiger partial charge in [0.2, 0.25) is 0 Å². The van der Waals surface area contributed by atoms with Gasteiger partial charge in [0.05, 0.1) is 24.6 Å². The van der Waals surface area contributed by atoms with E-state index in [2.05, 4.69) is 22.4 Å². The van der Waals surface area contributed by atoms with E-state index < -0.39 is 0 Å². The fourth-order valence-electron chi connectivity index (χ4n) is 3.10. The molecular formula is C18H23N3O2. The van der Waals surface area contributed by atoms with Gasteiger partial charge in [-0.2, -0.15) is 5.10 Å². The monoisotopic (exact) mass is 313 g/mol. The Labute approximate surface area is 136 Å². The third kappa shape index (κ3) is 3.55. The maximum Gasteiger partial charge on any atom is 0.255 e. The van der Waals surface area contributed by atoms with Gasteiger partial charge in [0.15, 0.2) is 0 Å². The summed E-state index contributed by atoms with van der Waals surface area (Å²) >= 11 is 0. The van der Waals surface area contributed by atoms with Crippen molar-refractivity contribution in [2.45, 2.75) is 38.6 Å². The lowest BCUT2D eigenvalue weighted by Gasteiger charge is -2.26. The SMILES string of the molecule is COc1ccc(-c2[nH]ncc2C(=O)NC2CCC(C)CC2)cc1. The van der Waals surface area contributed by atoms with E-state index in [0.29, 0.717) is 5.56 Å². The van der Waals surface area contributed by atoms with E-state index in [-0.39, 0.29) is 11.9 Å². The predicted molar refractivity (Wildman–Crippen MR) is 89.5 cm³/mol. The van der Waals surface area contributed by atoms with Crippen LogP contribution in [0.3, 0.4) is 0 Å². The standard InChI is InChI=1S/C18H23N3O2/c1-12-3-7-14(8-4-12)20-18(22)16-11-19-21-17(16)13-5-9-15(23-2)10-6-13/h5-6,9-12,14H,3-4,7-8H2,1-2H3,(H,19,21)(H,20,22). The van der Waals surface area contributed by atoms with Gasteiger partial charge in [-0.15, -0.1) is 0 Å². The topological polar surface area (TPSA) is 67.0 Å². The van der Waals surface area contributed by atoms with Crippen molar-refractivity contribution in [3.63, 3.8) is 0 Å². The molecule has 0 aliphatic heterocycles. The highest BCUT2D eigenvalue weighted by Gasteiger charge is 2.22. The number of benzene rings is 1. The molecule has 0 bridgehead atoms. The molecule has 1 aromatic heterocycles. The first-order chi connectivity index (χ1) is 11.2. The van der Waals surface area contributed by atoms with Crippen LogP contribution < -0.4 is 10.1 Å². The number of hydrogen-bond acceptors (Lipinski definition) is 3. The highest BCUT2D eigenvalue weighted by Crippen LogP contribution is 2.26. The summed E-state index contributed by atoms with van der Waals surface area (Å²) in [6, 6.07) is 7.87. The zero-order valence-electron chi connectivity index (χ0n) is 13.6. The van der Waals surface area contributed by atoms with Crippen molar-refractivity contribution in [3.8, 4) is 17.0 Å². The van der Waals surface area contributed by atoms with E-state index in [1.807, 2.05) is 24.3 Å². The van der Waals surface area contributed by atoms with E-state index in [9.17, 15) is 4.79 Å². The molecule has 1 aromatic carbocycles. The molecule has 1 heterocycles. The third-order valence-electron chi connectivity index (χ3n) is 4.61. The van der Waals surface area contributed by atoms with Gasteiger partial charge < -0.3 is 10.1 Å². The minimum atomic E-state index is -0.0517. The summed E-state index contributed by atoms with van der Waals surface area (Å²) in [5.41, 5.74) is 2.26. The molecule has 122 valence electrons. The van der Waals surface area contributed by atoms with Crippen molar-refractivity contribution in [2.24, 2.45) is 5.92 Å². The maximum absolute atomic E-state index is 12.6. The van der Waals surface area contributed by atoms with E-state index in [0.717, 1.165) is 35.8 Å².